The molecule has 3 rings (SSSR count). The molecule has 5 heteroatoms. The van der Waals surface area contributed by atoms with E-state index in [-0.39, 0.29) is 60.0 Å². The Balaban J connectivity index is 1.71. The van der Waals surface area contributed by atoms with Gasteiger partial charge in [-0.05, 0) is 59.0 Å². The Labute approximate surface area is 249 Å². The maximum absolute atomic E-state index is 13.1. The average Bonchev–Trinajstić information content (AvgIpc) is 3.06. The Morgan fingerprint density at radius 1 is 1.10 bits per heavy atom. The van der Waals surface area contributed by atoms with Crippen LogP contribution in [0.4, 0.5) is 0 Å². The number of unbranched alkanes of at least 4 members (excludes halogenated alkanes) is 4. The molecule has 0 aliphatic heterocycles. The van der Waals surface area contributed by atoms with Crippen LogP contribution in [0.1, 0.15) is 100 Å². The van der Waals surface area contributed by atoms with E-state index in [1.807, 2.05) is 12.2 Å². The third kappa shape index (κ3) is 7.16. The van der Waals surface area contributed by atoms with Crippen LogP contribution in [-0.4, -0.2) is 40.3 Å². The van der Waals surface area contributed by atoms with Gasteiger partial charge in [-0.1, -0.05) is 117 Å². The molecule has 2 N–H and O–H groups in total. The van der Waals surface area contributed by atoms with Crippen molar-refractivity contribution in [3.05, 3.63) is 47.6 Å². The lowest BCUT2D eigenvalue weighted by atomic mass is 9.51. The number of hydrogen-bond donors (Lipinski definition) is 2. The molecular formula is C36H56O5. The van der Waals surface area contributed by atoms with Crippen LogP contribution in [0.2, 0.25) is 0 Å². The molecule has 0 heterocycles. The van der Waals surface area contributed by atoms with Gasteiger partial charge in [0.1, 0.15) is 11.7 Å². The second-order valence-electron chi connectivity index (χ2n) is 14.0. The Morgan fingerprint density at radius 2 is 1.78 bits per heavy atom. The van der Waals surface area contributed by atoms with E-state index in [1.165, 1.54) is 44.6 Å². The number of esters is 1. The molecule has 3 aliphatic carbocycles. The molecule has 5 unspecified atom stereocenters. The van der Waals surface area contributed by atoms with Crippen molar-refractivity contribution in [2.75, 3.05) is 6.61 Å². The quantitative estimate of drug-likeness (QED) is 0.0843. The van der Waals surface area contributed by atoms with Gasteiger partial charge in [0, 0.05) is 18.4 Å². The van der Waals surface area contributed by atoms with Crippen LogP contribution in [0.3, 0.4) is 0 Å². The summed E-state index contributed by atoms with van der Waals surface area (Å²) in [5, 5.41) is 21.8. The zero-order valence-electron chi connectivity index (χ0n) is 26.9. The molecule has 0 radical (unpaired) electrons. The summed E-state index contributed by atoms with van der Waals surface area (Å²) in [5.41, 5.74) is -0.570. The van der Waals surface area contributed by atoms with Crippen LogP contribution in [-0.2, 0) is 14.3 Å². The second kappa shape index (κ2) is 14.0. The summed E-state index contributed by atoms with van der Waals surface area (Å²) in [6.07, 6.45) is 18.9. The maximum Gasteiger partial charge on any atom is 0.331 e. The van der Waals surface area contributed by atoms with Crippen LogP contribution in [0.5, 0.6) is 0 Å². The van der Waals surface area contributed by atoms with Gasteiger partial charge >= 0.3 is 5.97 Å². The predicted octanol–water partition coefficient (Wildman–Crippen LogP) is 7.39. The van der Waals surface area contributed by atoms with Gasteiger partial charge in [0.2, 0.25) is 0 Å². The van der Waals surface area contributed by atoms with Crippen molar-refractivity contribution in [2.45, 2.75) is 112 Å². The van der Waals surface area contributed by atoms with Gasteiger partial charge in [-0.3, -0.25) is 4.79 Å². The molecule has 1 fully saturated rings. The van der Waals surface area contributed by atoms with Crippen LogP contribution in [0.15, 0.2) is 47.6 Å². The molecule has 0 amide bonds. The van der Waals surface area contributed by atoms with Crippen LogP contribution >= 0.6 is 0 Å². The zero-order chi connectivity index (χ0) is 30.5. The highest BCUT2D eigenvalue weighted by atomic mass is 16.5. The highest BCUT2D eigenvalue weighted by molar-refractivity contribution is 6.04. The number of aliphatic hydroxyl groups excluding tert-OH is 1. The van der Waals surface area contributed by atoms with Crippen molar-refractivity contribution in [1.82, 2.24) is 0 Å². The molecule has 3 aliphatic rings. The van der Waals surface area contributed by atoms with E-state index >= 15 is 0 Å². The van der Waals surface area contributed by atoms with Crippen molar-refractivity contribution < 1.29 is 24.5 Å². The summed E-state index contributed by atoms with van der Waals surface area (Å²) in [6.45, 7) is 16.9. The standard InChI is InChI=1S/C36H56O5/c1-9-10-11-12-13-16-23(2)24(3)17-14-15-18-31(38)41-33-26(5)32-29(35(7,8)27(33)6)20-28(22-37)21-36(40)30(32)19-25(4)34(36)39/h14-15,17-20,23-24,26-27,29-30,32-33,37,40H,9-13,16,21-22H2,1-8H3/b17-14+,18-15+/t23?,24?,26-,27?,29+,30?,32?,33+,36+/m0/s1. The normalized spacial score (nSPS) is 34.5. The van der Waals surface area contributed by atoms with Gasteiger partial charge in [0.15, 0.2) is 5.78 Å². The molecule has 0 aromatic heterocycles. The number of fused-ring (bicyclic) bond motifs is 3. The van der Waals surface area contributed by atoms with Gasteiger partial charge in [-0.15, -0.1) is 0 Å². The molecule has 0 spiro atoms. The molecule has 0 saturated heterocycles. The van der Waals surface area contributed by atoms with E-state index in [2.05, 4.69) is 60.6 Å². The Bertz CT molecular complexity index is 1050. The third-order valence-electron chi connectivity index (χ3n) is 11.0. The maximum atomic E-state index is 13.1. The first kappa shape index (κ1) is 33.5. The number of aliphatic hydroxyl groups is 2. The molecule has 9 atom stereocenters. The molecule has 0 aromatic carbocycles. The number of rotatable bonds is 12. The topological polar surface area (TPSA) is 83.8 Å². The fourth-order valence-corrected chi connectivity index (χ4v) is 7.75. The first-order valence-electron chi connectivity index (χ1n) is 16.1. The number of carbonyl (C=O) groups is 2. The average molecular weight is 569 g/mol. The highest BCUT2D eigenvalue weighted by Crippen LogP contribution is 2.59. The second-order valence-corrected chi connectivity index (χ2v) is 14.0. The van der Waals surface area contributed by atoms with Crippen LogP contribution in [0, 0.1) is 46.8 Å². The van der Waals surface area contributed by atoms with Crippen molar-refractivity contribution in [3.8, 4) is 0 Å². The summed E-state index contributed by atoms with van der Waals surface area (Å²) < 4.78 is 6.15. The molecule has 41 heavy (non-hydrogen) atoms. The van der Waals surface area contributed by atoms with E-state index in [4.69, 9.17) is 4.74 Å². The van der Waals surface area contributed by atoms with E-state index < -0.39 is 11.5 Å². The minimum absolute atomic E-state index is 0.0205. The number of Topliss-reactive ketones (excluding diaryl/α,β-unsaturated/α-hetero) is 1. The van der Waals surface area contributed by atoms with Crippen molar-refractivity contribution in [1.29, 1.82) is 0 Å². The molecule has 230 valence electrons. The fourth-order valence-electron chi connectivity index (χ4n) is 7.75. The van der Waals surface area contributed by atoms with E-state index in [0.717, 1.165) is 0 Å². The SMILES string of the molecule is CCCCCCCC(C)C(C)/C=C/C=C/C(=O)O[C@H]1C(C)C(C)(C)[C@@H]2C=C(CO)C[C@]3(O)C(=O)C(C)=CC3C2[C@@H]1C. The first-order valence-corrected chi connectivity index (χ1v) is 16.1. The first-order chi connectivity index (χ1) is 19.3. The van der Waals surface area contributed by atoms with Crippen molar-refractivity contribution in [3.63, 3.8) is 0 Å². The lowest BCUT2D eigenvalue weighted by molar-refractivity contribution is -0.173. The summed E-state index contributed by atoms with van der Waals surface area (Å²) in [6, 6.07) is 0. The van der Waals surface area contributed by atoms with Crippen LogP contribution in [0.25, 0.3) is 0 Å². The number of hydrogen-bond acceptors (Lipinski definition) is 5. The van der Waals surface area contributed by atoms with Gasteiger partial charge in [0.05, 0.1) is 6.61 Å². The Morgan fingerprint density at radius 3 is 2.44 bits per heavy atom. The smallest absolute Gasteiger partial charge is 0.331 e. The number of ether oxygens (including phenoxy) is 1. The summed E-state index contributed by atoms with van der Waals surface area (Å²) in [7, 11) is 0. The lowest BCUT2D eigenvalue weighted by Crippen LogP contribution is -2.57. The van der Waals surface area contributed by atoms with E-state index in [1.54, 1.807) is 13.0 Å². The number of allylic oxidation sites excluding steroid dienone is 4. The van der Waals surface area contributed by atoms with Crippen molar-refractivity contribution in [2.24, 2.45) is 46.8 Å². The molecule has 1 saturated carbocycles. The summed E-state index contributed by atoms with van der Waals surface area (Å²) in [4.78, 5) is 26.2. The summed E-state index contributed by atoms with van der Waals surface area (Å²) in [5.74, 6) is -0.111. The van der Waals surface area contributed by atoms with Gasteiger partial charge in [-0.2, -0.15) is 0 Å². The van der Waals surface area contributed by atoms with Gasteiger partial charge in [-0.25, -0.2) is 4.79 Å². The lowest BCUT2D eigenvalue weighted by Gasteiger charge is -2.55. The Hall–Kier alpha value is -1.98. The van der Waals surface area contributed by atoms with E-state index in [9.17, 15) is 19.8 Å². The third-order valence-corrected chi connectivity index (χ3v) is 11.0. The van der Waals surface area contributed by atoms with E-state index in [0.29, 0.717) is 23.0 Å². The largest absolute Gasteiger partial charge is 0.459 e. The molecule has 5 nitrogen and oxygen atoms in total. The van der Waals surface area contributed by atoms with Crippen molar-refractivity contribution >= 4 is 11.8 Å². The van der Waals surface area contributed by atoms with Gasteiger partial charge < -0.3 is 14.9 Å². The molecule has 0 bridgehead atoms. The van der Waals surface area contributed by atoms with Gasteiger partial charge in [0.25, 0.3) is 0 Å². The fraction of sp³-hybridized carbons (Fsp3) is 0.722. The molecular weight excluding hydrogens is 512 g/mol. The number of carbonyl (C=O) groups excluding carboxylic acids is 2. The molecule has 0 aromatic rings. The summed E-state index contributed by atoms with van der Waals surface area (Å²) >= 11 is 0. The van der Waals surface area contributed by atoms with Crippen LogP contribution < -0.4 is 0 Å². The monoisotopic (exact) mass is 568 g/mol. The minimum atomic E-state index is -1.56. The number of ketones is 1. The predicted molar refractivity (Wildman–Crippen MR) is 166 cm³/mol. The Kier molecular flexibility index (Phi) is 11.4. The highest BCUT2D eigenvalue weighted by Gasteiger charge is 2.61. The minimum Gasteiger partial charge on any atom is -0.459 e. The zero-order valence-corrected chi connectivity index (χ0v) is 26.9.